The van der Waals surface area contributed by atoms with E-state index in [0.717, 1.165) is 45.2 Å². The second kappa shape index (κ2) is 5.07. The minimum atomic E-state index is -0.747. The Bertz CT molecular complexity index is 437. The highest BCUT2D eigenvalue weighted by molar-refractivity contribution is 6.08. The van der Waals surface area contributed by atoms with Crippen LogP contribution in [0.2, 0.25) is 0 Å². The molecular weight excluding hydrogens is 258 g/mol. The lowest BCUT2D eigenvalue weighted by atomic mass is 9.96. The molecule has 0 unspecified atom stereocenters. The number of hydrogen-bond acceptors (Lipinski definition) is 3. The van der Waals surface area contributed by atoms with Crippen LogP contribution in [0.25, 0.3) is 0 Å². The van der Waals surface area contributed by atoms with Crippen LogP contribution in [0.3, 0.4) is 0 Å². The number of amides is 4. The minimum absolute atomic E-state index is 0.0270. The first-order valence-corrected chi connectivity index (χ1v) is 7.54. The van der Waals surface area contributed by atoms with Crippen molar-refractivity contribution in [2.24, 2.45) is 0 Å². The van der Waals surface area contributed by atoms with Gasteiger partial charge in [0.2, 0.25) is 5.91 Å². The lowest BCUT2D eigenvalue weighted by Gasteiger charge is -2.34. The van der Waals surface area contributed by atoms with Gasteiger partial charge in [-0.25, -0.2) is 4.79 Å². The Hall–Kier alpha value is -1.59. The topological polar surface area (TPSA) is 69.7 Å². The summed E-state index contributed by atoms with van der Waals surface area (Å²) in [5.74, 6) is -0.243. The molecule has 20 heavy (non-hydrogen) atoms. The van der Waals surface area contributed by atoms with Gasteiger partial charge in [-0.05, 0) is 32.1 Å². The largest absolute Gasteiger partial charge is 0.341 e. The predicted octanol–water partition coefficient (Wildman–Crippen LogP) is 0.863. The highest BCUT2D eigenvalue weighted by Gasteiger charge is 2.54. The highest BCUT2D eigenvalue weighted by Crippen LogP contribution is 2.38. The summed E-state index contributed by atoms with van der Waals surface area (Å²) in [6.07, 6.45) is 6.46. The second-order valence-corrected chi connectivity index (χ2v) is 6.03. The molecule has 0 bridgehead atoms. The molecule has 0 atom stereocenters. The first-order chi connectivity index (χ1) is 9.63. The number of imide groups is 1. The van der Waals surface area contributed by atoms with Crippen molar-refractivity contribution in [3.8, 4) is 0 Å². The Morgan fingerprint density at radius 1 is 1.05 bits per heavy atom. The maximum atomic E-state index is 12.3. The third-order valence-electron chi connectivity index (χ3n) is 4.84. The summed E-state index contributed by atoms with van der Waals surface area (Å²) in [5, 5.41) is 2.39. The van der Waals surface area contributed by atoms with Crippen LogP contribution >= 0.6 is 0 Å². The van der Waals surface area contributed by atoms with Gasteiger partial charge < -0.3 is 9.80 Å². The Balaban J connectivity index is 1.73. The van der Waals surface area contributed by atoms with E-state index >= 15 is 0 Å². The van der Waals surface area contributed by atoms with Crippen molar-refractivity contribution in [2.45, 2.75) is 50.5 Å². The fourth-order valence-electron chi connectivity index (χ4n) is 3.66. The normalized spacial score (nSPS) is 25.4. The van der Waals surface area contributed by atoms with Crippen LogP contribution in [-0.4, -0.2) is 52.8 Å². The smallest absolute Gasteiger partial charge is 0.325 e. The molecule has 2 heterocycles. The van der Waals surface area contributed by atoms with E-state index in [2.05, 4.69) is 5.32 Å². The molecule has 1 spiro atoms. The van der Waals surface area contributed by atoms with Crippen molar-refractivity contribution in [2.75, 3.05) is 19.6 Å². The van der Waals surface area contributed by atoms with Gasteiger partial charge in [-0.3, -0.25) is 14.9 Å². The average Bonchev–Trinajstić information content (AvgIpc) is 3.03. The van der Waals surface area contributed by atoms with Crippen LogP contribution in [0.4, 0.5) is 4.79 Å². The zero-order valence-electron chi connectivity index (χ0n) is 11.7. The van der Waals surface area contributed by atoms with Gasteiger partial charge in [0.05, 0.1) is 0 Å². The molecule has 6 heteroatoms. The maximum Gasteiger partial charge on any atom is 0.325 e. The van der Waals surface area contributed by atoms with Gasteiger partial charge in [-0.1, -0.05) is 12.8 Å². The van der Waals surface area contributed by atoms with Crippen molar-refractivity contribution in [1.29, 1.82) is 0 Å². The number of hydrogen-bond donors (Lipinski definition) is 1. The van der Waals surface area contributed by atoms with Gasteiger partial charge in [0, 0.05) is 13.1 Å². The van der Waals surface area contributed by atoms with Crippen molar-refractivity contribution < 1.29 is 14.4 Å². The van der Waals surface area contributed by atoms with Crippen LogP contribution < -0.4 is 5.32 Å². The zero-order chi connectivity index (χ0) is 14.2. The molecule has 2 saturated heterocycles. The molecule has 3 fully saturated rings. The average molecular weight is 279 g/mol. The molecule has 3 rings (SSSR count). The van der Waals surface area contributed by atoms with Gasteiger partial charge in [-0.2, -0.15) is 0 Å². The van der Waals surface area contributed by atoms with Gasteiger partial charge in [-0.15, -0.1) is 0 Å². The molecule has 1 aliphatic carbocycles. The number of nitrogens with zero attached hydrogens (tertiary/aromatic N) is 2. The monoisotopic (exact) mass is 279 g/mol. The van der Waals surface area contributed by atoms with Crippen LogP contribution in [0.1, 0.15) is 44.9 Å². The van der Waals surface area contributed by atoms with E-state index in [1.165, 1.54) is 4.90 Å². The van der Waals surface area contributed by atoms with E-state index in [1.807, 2.05) is 4.90 Å². The highest BCUT2D eigenvalue weighted by atomic mass is 16.2. The number of rotatable bonds is 2. The van der Waals surface area contributed by atoms with Gasteiger partial charge >= 0.3 is 6.03 Å². The summed E-state index contributed by atoms with van der Waals surface area (Å²) >= 11 is 0. The Morgan fingerprint density at radius 3 is 2.35 bits per heavy atom. The summed E-state index contributed by atoms with van der Waals surface area (Å²) in [6.45, 7) is 1.59. The van der Waals surface area contributed by atoms with Crippen molar-refractivity contribution >= 4 is 17.8 Å². The molecule has 0 aromatic carbocycles. The van der Waals surface area contributed by atoms with Crippen molar-refractivity contribution in [3.05, 3.63) is 0 Å². The summed E-state index contributed by atoms with van der Waals surface area (Å²) in [5.41, 5.74) is -0.747. The quantitative estimate of drug-likeness (QED) is 0.762. The molecule has 0 aromatic heterocycles. The SMILES string of the molecule is O=C(CN1C(=O)NC(=O)C12CCCC2)N1CCCCC1. The maximum absolute atomic E-state index is 12.3. The van der Waals surface area contributed by atoms with E-state index in [9.17, 15) is 14.4 Å². The summed E-state index contributed by atoms with van der Waals surface area (Å²) in [6, 6.07) is -0.401. The molecule has 1 saturated carbocycles. The molecule has 1 N–H and O–H groups in total. The molecular formula is C14H21N3O3. The van der Waals surface area contributed by atoms with E-state index in [4.69, 9.17) is 0 Å². The lowest BCUT2D eigenvalue weighted by Crippen LogP contribution is -2.52. The lowest BCUT2D eigenvalue weighted by molar-refractivity contribution is -0.135. The zero-order valence-corrected chi connectivity index (χ0v) is 11.7. The molecule has 2 aliphatic heterocycles. The van der Waals surface area contributed by atoms with E-state index in [0.29, 0.717) is 12.8 Å². The van der Waals surface area contributed by atoms with Crippen molar-refractivity contribution in [3.63, 3.8) is 0 Å². The first-order valence-electron chi connectivity index (χ1n) is 7.54. The van der Waals surface area contributed by atoms with Gasteiger partial charge in [0.1, 0.15) is 12.1 Å². The minimum Gasteiger partial charge on any atom is -0.341 e. The van der Waals surface area contributed by atoms with Crippen molar-refractivity contribution in [1.82, 2.24) is 15.1 Å². The van der Waals surface area contributed by atoms with E-state index in [-0.39, 0.29) is 18.4 Å². The van der Waals surface area contributed by atoms with Gasteiger partial charge in [0.15, 0.2) is 0 Å². The van der Waals surface area contributed by atoms with E-state index < -0.39 is 11.6 Å². The first kappa shape index (κ1) is 13.4. The molecule has 3 aliphatic rings. The molecule has 110 valence electrons. The number of piperidine rings is 1. The summed E-state index contributed by atoms with van der Waals surface area (Å²) in [7, 11) is 0. The second-order valence-electron chi connectivity index (χ2n) is 6.03. The Kier molecular flexibility index (Phi) is 3.40. The standard InChI is InChI=1S/C14H21N3O3/c18-11(16-8-4-1-5-9-16)10-17-13(20)15-12(19)14(17)6-2-3-7-14/h1-10H2,(H,15,19,20). The summed E-state index contributed by atoms with van der Waals surface area (Å²) < 4.78 is 0. The number of carbonyl (C=O) groups is 3. The summed E-state index contributed by atoms with van der Waals surface area (Å²) in [4.78, 5) is 39.7. The van der Waals surface area contributed by atoms with Crippen LogP contribution in [0.5, 0.6) is 0 Å². The molecule has 0 radical (unpaired) electrons. The number of carbonyl (C=O) groups excluding carboxylic acids is 3. The fourth-order valence-corrected chi connectivity index (χ4v) is 3.66. The van der Waals surface area contributed by atoms with Crippen LogP contribution in [0, 0.1) is 0 Å². The number of likely N-dealkylation sites (tertiary alicyclic amines) is 1. The Morgan fingerprint density at radius 2 is 1.70 bits per heavy atom. The predicted molar refractivity (Wildman–Crippen MR) is 71.9 cm³/mol. The van der Waals surface area contributed by atoms with Gasteiger partial charge in [0.25, 0.3) is 5.91 Å². The number of nitrogens with one attached hydrogen (secondary N) is 1. The fraction of sp³-hybridized carbons (Fsp3) is 0.786. The van der Waals surface area contributed by atoms with Crippen LogP contribution in [0.15, 0.2) is 0 Å². The third kappa shape index (κ3) is 2.07. The third-order valence-corrected chi connectivity index (χ3v) is 4.84. The Labute approximate surface area is 118 Å². The van der Waals surface area contributed by atoms with Crippen LogP contribution in [-0.2, 0) is 9.59 Å². The molecule has 0 aromatic rings. The number of urea groups is 1. The molecule has 4 amide bonds. The van der Waals surface area contributed by atoms with E-state index in [1.54, 1.807) is 0 Å². The molecule has 6 nitrogen and oxygen atoms in total.